The number of imidazole rings is 1. The Labute approximate surface area is 193 Å². The van der Waals surface area contributed by atoms with Gasteiger partial charge in [-0.05, 0) is 61.6 Å². The molecule has 1 unspecified atom stereocenters. The normalized spacial score (nSPS) is 15.8. The predicted octanol–water partition coefficient (Wildman–Crippen LogP) is 4.65. The van der Waals surface area contributed by atoms with Crippen molar-refractivity contribution < 1.29 is 14.7 Å². The van der Waals surface area contributed by atoms with E-state index >= 15 is 0 Å². The fraction of sp³-hybridized carbons (Fsp3) is 0.385. The Hall–Kier alpha value is -3.66. The smallest absolute Gasteiger partial charge is 0.310 e. The van der Waals surface area contributed by atoms with Gasteiger partial charge in [0.25, 0.3) is 0 Å². The first-order valence-electron chi connectivity index (χ1n) is 11.3. The fourth-order valence-electron chi connectivity index (χ4n) is 4.86. The number of aliphatic carboxylic acids is 1. The van der Waals surface area contributed by atoms with Gasteiger partial charge in [-0.3, -0.25) is 9.59 Å². The predicted molar refractivity (Wildman–Crippen MR) is 126 cm³/mol. The summed E-state index contributed by atoms with van der Waals surface area (Å²) < 4.78 is 2.01. The van der Waals surface area contributed by atoms with E-state index in [0.29, 0.717) is 17.7 Å². The summed E-state index contributed by atoms with van der Waals surface area (Å²) in [4.78, 5) is 29.5. The summed E-state index contributed by atoms with van der Waals surface area (Å²) in [6.45, 7) is 1.70. The van der Waals surface area contributed by atoms with E-state index in [4.69, 9.17) is 10.2 Å². The largest absolute Gasteiger partial charge is 0.481 e. The number of rotatable bonds is 7. The van der Waals surface area contributed by atoms with E-state index in [-0.39, 0.29) is 18.2 Å². The third-order valence-corrected chi connectivity index (χ3v) is 6.98. The molecule has 0 spiro atoms. The van der Waals surface area contributed by atoms with Crippen LogP contribution in [0, 0.1) is 22.7 Å². The van der Waals surface area contributed by atoms with Crippen LogP contribution in [-0.2, 0) is 23.1 Å². The lowest BCUT2D eigenvalue weighted by Gasteiger charge is -2.30. The molecule has 1 fully saturated rings. The molecule has 1 aromatic heterocycles. The molecule has 1 atom stereocenters. The Kier molecular flexibility index (Phi) is 6.19. The fourth-order valence-corrected chi connectivity index (χ4v) is 4.86. The molecule has 33 heavy (non-hydrogen) atoms. The Bertz CT molecular complexity index is 1230. The lowest BCUT2D eigenvalue weighted by Crippen LogP contribution is -2.38. The number of carboxylic acids is 1. The van der Waals surface area contributed by atoms with Crippen LogP contribution in [-0.4, -0.2) is 26.5 Å². The Morgan fingerprint density at radius 3 is 2.55 bits per heavy atom. The summed E-state index contributed by atoms with van der Waals surface area (Å²) in [7, 11) is 1.95. The number of aromatic nitrogens is 2. The number of amides is 1. The number of anilines is 1. The highest BCUT2D eigenvalue weighted by Gasteiger charge is 2.44. The van der Waals surface area contributed by atoms with Crippen molar-refractivity contribution in [2.24, 2.45) is 18.4 Å². The van der Waals surface area contributed by atoms with Crippen molar-refractivity contribution >= 4 is 28.6 Å². The summed E-state index contributed by atoms with van der Waals surface area (Å²) in [6.07, 6.45) is 4.34. The number of nitrogens with zero attached hydrogens (tertiary/aromatic N) is 3. The van der Waals surface area contributed by atoms with Gasteiger partial charge in [-0.15, -0.1) is 0 Å². The zero-order valence-electron chi connectivity index (χ0n) is 19.0. The molecule has 7 heteroatoms. The molecule has 4 rings (SSSR count). The van der Waals surface area contributed by atoms with E-state index in [2.05, 4.69) is 11.4 Å². The van der Waals surface area contributed by atoms with Crippen molar-refractivity contribution in [3.63, 3.8) is 0 Å². The maximum Gasteiger partial charge on any atom is 0.310 e. The molecule has 7 nitrogen and oxygen atoms in total. The Balaban J connectivity index is 1.50. The number of benzene rings is 2. The zero-order chi connectivity index (χ0) is 23.6. The lowest BCUT2D eigenvalue weighted by atomic mass is 9.73. The number of hydrogen-bond donors (Lipinski definition) is 2. The molecular formula is C26H28N4O3. The van der Waals surface area contributed by atoms with Crippen LogP contribution >= 0.6 is 0 Å². The first-order valence-corrected chi connectivity index (χ1v) is 11.3. The maximum atomic E-state index is 12.8. The number of hydrogen-bond acceptors (Lipinski definition) is 4. The molecular weight excluding hydrogens is 416 g/mol. The van der Waals surface area contributed by atoms with Gasteiger partial charge in [0, 0.05) is 25.6 Å². The van der Waals surface area contributed by atoms with Gasteiger partial charge >= 0.3 is 5.97 Å². The molecule has 1 amide bonds. The van der Waals surface area contributed by atoms with E-state index < -0.39 is 11.4 Å². The topological polar surface area (TPSA) is 108 Å². The van der Waals surface area contributed by atoms with Gasteiger partial charge in [-0.25, -0.2) is 4.98 Å². The number of nitrogens with one attached hydrogen (secondary N) is 1. The van der Waals surface area contributed by atoms with Crippen LogP contribution in [0.3, 0.4) is 0 Å². The maximum absolute atomic E-state index is 12.8. The standard InChI is InChI=1S/C26H28N4O3/c1-26(25(32)33,19-5-3-4-6-19)15-24(31)28-20-11-12-22-21(14-20)29-23(30(22)2)13-17-7-9-18(16-27)10-8-17/h7-12,14,19H,3-6,13,15H2,1-2H3,(H,28,31)(H,32,33). The summed E-state index contributed by atoms with van der Waals surface area (Å²) in [6, 6.07) is 15.1. The van der Waals surface area contributed by atoms with Crippen molar-refractivity contribution in [2.45, 2.75) is 45.4 Å². The van der Waals surface area contributed by atoms with Gasteiger partial charge in [0.05, 0.1) is 28.1 Å². The minimum absolute atomic E-state index is 0.0313. The molecule has 2 N–H and O–H groups in total. The average molecular weight is 445 g/mol. The van der Waals surface area contributed by atoms with Crippen molar-refractivity contribution in [3.8, 4) is 6.07 Å². The lowest BCUT2D eigenvalue weighted by molar-refractivity contribution is -0.153. The SMILES string of the molecule is Cn1c(Cc2ccc(C#N)cc2)nc2cc(NC(=O)CC(C)(C(=O)O)C3CCCC3)ccc21. The number of aryl methyl sites for hydroxylation is 1. The third-order valence-electron chi connectivity index (χ3n) is 6.98. The number of fused-ring (bicyclic) bond motifs is 1. The minimum atomic E-state index is -1.05. The quantitative estimate of drug-likeness (QED) is 0.552. The minimum Gasteiger partial charge on any atom is -0.481 e. The van der Waals surface area contributed by atoms with Gasteiger partial charge in [0.2, 0.25) is 5.91 Å². The molecule has 170 valence electrons. The first-order chi connectivity index (χ1) is 15.8. The van der Waals surface area contributed by atoms with Crippen LogP contribution in [0.5, 0.6) is 0 Å². The Morgan fingerprint density at radius 1 is 1.21 bits per heavy atom. The number of carboxylic acid groups (broad SMARTS) is 1. The second-order valence-electron chi connectivity index (χ2n) is 9.20. The van der Waals surface area contributed by atoms with Crippen molar-refractivity contribution in [2.75, 3.05) is 5.32 Å². The molecule has 0 bridgehead atoms. The molecule has 1 aliphatic carbocycles. The van der Waals surface area contributed by atoms with Gasteiger partial charge in [0.15, 0.2) is 0 Å². The van der Waals surface area contributed by atoms with Gasteiger partial charge in [-0.1, -0.05) is 25.0 Å². The Morgan fingerprint density at radius 2 is 1.91 bits per heavy atom. The molecule has 3 aromatic rings. The molecule has 0 aliphatic heterocycles. The zero-order valence-corrected chi connectivity index (χ0v) is 19.0. The van der Waals surface area contributed by atoms with Crippen molar-refractivity contribution in [1.29, 1.82) is 5.26 Å². The number of carbonyl (C=O) groups is 2. The first kappa shape index (κ1) is 22.5. The van der Waals surface area contributed by atoms with Crippen LogP contribution in [0.1, 0.15) is 56.0 Å². The van der Waals surface area contributed by atoms with Crippen molar-refractivity contribution in [1.82, 2.24) is 9.55 Å². The summed E-state index contributed by atoms with van der Waals surface area (Å²) in [5.74, 6) is -0.293. The highest BCUT2D eigenvalue weighted by molar-refractivity contribution is 5.96. The highest BCUT2D eigenvalue weighted by atomic mass is 16.4. The molecule has 1 saturated carbocycles. The van der Waals surface area contributed by atoms with E-state index in [1.165, 1.54) is 0 Å². The van der Waals surface area contributed by atoms with Crippen LogP contribution in [0.25, 0.3) is 11.0 Å². The highest BCUT2D eigenvalue weighted by Crippen LogP contribution is 2.42. The third kappa shape index (κ3) is 4.61. The average Bonchev–Trinajstić information content (AvgIpc) is 3.43. The van der Waals surface area contributed by atoms with Crippen molar-refractivity contribution in [3.05, 3.63) is 59.4 Å². The van der Waals surface area contributed by atoms with Crippen LogP contribution in [0.4, 0.5) is 5.69 Å². The van der Waals surface area contributed by atoms with Crippen LogP contribution in [0.15, 0.2) is 42.5 Å². The summed E-state index contributed by atoms with van der Waals surface area (Å²) in [5.41, 5.74) is 2.93. The second kappa shape index (κ2) is 9.07. The number of nitriles is 1. The van der Waals surface area contributed by atoms with E-state index in [9.17, 15) is 14.7 Å². The molecule has 2 aromatic carbocycles. The molecule has 1 heterocycles. The summed E-state index contributed by atoms with van der Waals surface area (Å²) in [5, 5.41) is 21.7. The van der Waals surface area contributed by atoms with E-state index in [1.54, 1.807) is 19.1 Å². The number of carbonyl (C=O) groups excluding carboxylic acids is 1. The van der Waals surface area contributed by atoms with Gasteiger partial charge in [0.1, 0.15) is 5.82 Å². The molecule has 1 aliphatic rings. The molecule has 0 radical (unpaired) electrons. The van der Waals surface area contributed by atoms with Gasteiger partial charge in [-0.2, -0.15) is 5.26 Å². The summed E-state index contributed by atoms with van der Waals surface area (Å²) >= 11 is 0. The van der Waals surface area contributed by atoms with Crippen LogP contribution in [0.2, 0.25) is 0 Å². The van der Waals surface area contributed by atoms with Gasteiger partial charge < -0.3 is 15.0 Å². The van der Waals surface area contributed by atoms with E-state index in [0.717, 1.165) is 48.1 Å². The second-order valence-corrected chi connectivity index (χ2v) is 9.20. The van der Waals surface area contributed by atoms with Crippen LogP contribution < -0.4 is 5.32 Å². The van der Waals surface area contributed by atoms with E-state index in [1.807, 2.05) is 41.9 Å². The monoisotopic (exact) mass is 444 g/mol. The molecule has 0 saturated heterocycles.